The number of carbonyl (C=O) groups is 2. The molecule has 1 aromatic carbocycles. The molecule has 22 heavy (non-hydrogen) atoms. The van der Waals surface area contributed by atoms with Crippen LogP contribution in [0.2, 0.25) is 0 Å². The van der Waals surface area contributed by atoms with Crippen LogP contribution < -0.4 is 0 Å². The van der Waals surface area contributed by atoms with E-state index >= 15 is 0 Å². The molecule has 0 unspecified atom stereocenters. The van der Waals surface area contributed by atoms with Gasteiger partial charge in [0.15, 0.2) is 10.7 Å². The summed E-state index contributed by atoms with van der Waals surface area (Å²) in [5.74, 6) is -0.441. The van der Waals surface area contributed by atoms with Crippen LogP contribution in [0, 0.1) is 5.41 Å². The third-order valence-electron chi connectivity index (χ3n) is 5.57. The van der Waals surface area contributed by atoms with Gasteiger partial charge in [0, 0.05) is 11.8 Å². The number of hydrogen-bond acceptors (Lipinski definition) is 4. The van der Waals surface area contributed by atoms with Crippen LogP contribution >= 0.6 is 11.6 Å². The van der Waals surface area contributed by atoms with Crippen LogP contribution in [-0.4, -0.2) is 29.8 Å². The van der Waals surface area contributed by atoms with E-state index in [1.54, 1.807) is 0 Å². The quantitative estimate of drug-likeness (QED) is 0.621. The minimum Gasteiger partial charge on any atom is -0.468 e. The van der Waals surface area contributed by atoms with Gasteiger partial charge in [-0.1, -0.05) is 30.3 Å². The lowest BCUT2D eigenvalue weighted by molar-refractivity contribution is -0.160. The molecule has 2 saturated heterocycles. The minimum atomic E-state index is -1.34. The second-order valence-electron chi connectivity index (χ2n) is 6.46. The molecule has 1 aromatic rings. The number of benzene rings is 1. The standard InChI is InChI=1S/C17H17ClO4/c1-21-14(20)17(18)15(9-10-15)13-12(19)7-8-16(17,22-13)11-5-3-2-4-6-11/h2-6,13H,7-10H2,1H3/t13-,16-,17+/m0/s1. The first-order chi connectivity index (χ1) is 10.5. The van der Waals surface area contributed by atoms with Gasteiger partial charge in [-0.2, -0.15) is 0 Å². The van der Waals surface area contributed by atoms with Gasteiger partial charge in [-0.3, -0.25) is 9.59 Å². The number of halogens is 1. The molecular weight excluding hydrogens is 304 g/mol. The summed E-state index contributed by atoms with van der Waals surface area (Å²) in [6, 6.07) is 9.51. The maximum absolute atomic E-state index is 12.7. The van der Waals surface area contributed by atoms with Crippen molar-refractivity contribution >= 4 is 23.4 Å². The first-order valence-corrected chi connectivity index (χ1v) is 7.93. The molecule has 2 heterocycles. The van der Waals surface area contributed by atoms with Crippen molar-refractivity contribution in [3.8, 4) is 0 Å². The highest BCUT2D eigenvalue weighted by atomic mass is 35.5. The fourth-order valence-electron chi connectivity index (χ4n) is 4.38. The van der Waals surface area contributed by atoms with E-state index in [-0.39, 0.29) is 5.78 Å². The van der Waals surface area contributed by atoms with Crippen molar-refractivity contribution in [1.29, 1.82) is 0 Å². The van der Waals surface area contributed by atoms with Gasteiger partial charge in [0.2, 0.25) is 0 Å². The van der Waals surface area contributed by atoms with E-state index in [1.807, 2.05) is 30.3 Å². The van der Waals surface area contributed by atoms with Crippen molar-refractivity contribution in [2.75, 3.05) is 7.11 Å². The summed E-state index contributed by atoms with van der Waals surface area (Å²) < 4.78 is 11.3. The predicted molar refractivity (Wildman–Crippen MR) is 79.5 cm³/mol. The molecule has 2 bridgehead atoms. The summed E-state index contributed by atoms with van der Waals surface area (Å²) in [5, 5.41) is 0. The summed E-state index contributed by atoms with van der Waals surface area (Å²) in [6.45, 7) is 0. The molecule has 2 aliphatic heterocycles. The summed E-state index contributed by atoms with van der Waals surface area (Å²) in [4.78, 5) is 23.7. The fourth-order valence-corrected chi connectivity index (χ4v) is 5.00. The number of Topliss-reactive ketones (excluding diaryl/α,β-unsaturated/α-hetero) is 1. The molecule has 3 atom stereocenters. The topological polar surface area (TPSA) is 52.6 Å². The van der Waals surface area contributed by atoms with Gasteiger partial charge in [0.05, 0.1) is 7.11 Å². The van der Waals surface area contributed by atoms with Crippen LogP contribution in [0.1, 0.15) is 31.2 Å². The molecule has 1 saturated carbocycles. The second kappa shape index (κ2) is 4.33. The van der Waals surface area contributed by atoms with Crippen molar-refractivity contribution in [1.82, 2.24) is 0 Å². The largest absolute Gasteiger partial charge is 0.468 e. The number of carbonyl (C=O) groups excluding carboxylic acids is 2. The Labute approximate surface area is 133 Å². The molecule has 4 rings (SSSR count). The second-order valence-corrected chi connectivity index (χ2v) is 7.03. The zero-order valence-electron chi connectivity index (χ0n) is 12.3. The van der Waals surface area contributed by atoms with E-state index in [9.17, 15) is 9.59 Å². The highest BCUT2D eigenvalue weighted by Gasteiger charge is 2.83. The van der Waals surface area contributed by atoms with Crippen molar-refractivity contribution in [3.63, 3.8) is 0 Å². The zero-order valence-corrected chi connectivity index (χ0v) is 13.1. The minimum absolute atomic E-state index is 0.0514. The molecule has 0 amide bonds. The van der Waals surface area contributed by atoms with Gasteiger partial charge in [-0.25, -0.2) is 0 Å². The fraction of sp³-hybridized carbons (Fsp3) is 0.529. The molecule has 3 fully saturated rings. The van der Waals surface area contributed by atoms with E-state index in [0.717, 1.165) is 18.4 Å². The van der Waals surface area contributed by atoms with Crippen molar-refractivity contribution < 1.29 is 19.1 Å². The van der Waals surface area contributed by atoms with Crippen LogP contribution in [0.15, 0.2) is 30.3 Å². The molecule has 0 N–H and O–H groups in total. The van der Waals surface area contributed by atoms with Gasteiger partial charge >= 0.3 is 5.97 Å². The molecule has 0 radical (unpaired) electrons. The van der Waals surface area contributed by atoms with E-state index in [4.69, 9.17) is 21.1 Å². The van der Waals surface area contributed by atoms with Gasteiger partial charge in [0.25, 0.3) is 0 Å². The summed E-state index contributed by atoms with van der Waals surface area (Å²) in [6.07, 6.45) is 1.63. The Morgan fingerprint density at radius 3 is 2.55 bits per heavy atom. The average molecular weight is 321 g/mol. The number of fused-ring (bicyclic) bond motifs is 3. The Morgan fingerprint density at radius 1 is 1.27 bits per heavy atom. The highest BCUT2D eigenvalue weighted by Crippen LogP contribution is 2.74. The smallest absolute Gasteiger partial charge is 0.331 e. The van der Waals surface area contributed by atoms with E-state index in [0.29, 0.717) is 12.8 Å². The summed E-state index contributed by atoms with van der Waals surface area (Å²) in [5.41, 5.74) is -0.764. The van der Waals surface area contributed by atoms with Crippen LogP contribution in [0.3, 0.4) is 0 Å². The number of ether oxygens (including phenoxy) is 2. The van der Waals surface area contributed by atoms with Gasteiger partial charge < -0.3 is 9.47 Å². The SMILES string of the molecule is COC(=O)[C@@]1(Cl)C2(CC2)[C@H]2O[C@]1(c1ccccc1)CCC2=O. The Bertz CT molecular complexity index is 654. The monoisotopic (exact) mass is 320 g/mol. The van der Waals surface area contributed by atoms with Crippen molar-refractivity contribution in [2.24, 2.45) is 5.41 Å². The van der Waals surface area contributed by atoms with Crippen LogP contribution in [0.4, 0.5) is 0 Å². The first kappa shape index (κ1) is 14.2. The number of methoxy groups -OCH3 is 1. The number of hydrogen-bond donors (Lipinski definition) is 0. The van der Waals surface area contributed by atoms with Crippen LogP contribution in [0.5, 0.6) is 0 Å². The highest BCUT2D eigenvalue weighted by molar-refractivity contribution is 6.37. The normalized spacial score (nSPS) is 38.1. The molecule has 5 heteroatoms. The third kappa shape index (κ3) is 1.38. The summed E-state index contributed by atoms with van der Waals surface area (Å²) >= 11 is 6.98. The van der Waals surface area contributed by atoms with E-state index < -0.39 is 28.0 Å². The Kier molecular flexibility index (Phi) is 2.80. The molecule has 4 nitrogen and oxygen atoms in total. The van der Waals surface area contributed by atoms with Gasteiger partial charge in [-0.15, -0.1) is 11.6 Å². The zero-order chi connectivity index (χ0) is 15.6. The Balaban J connectivity index is 1.96. The lowest BCUT2D eigenvalue weighted by Gasteiger charge is -2.41. The van der Waals surface area contributed by atoms with Crippen LogP contribution in [0.25, 0.3) is 0 Å². The van der Waals surface area contributed by atoms with Crippen molar-refractivity contribution in [2.45, 2.75) is 42.3 Å². The lowest BCUT2D eigenvalue weighted by Crippen LogP contribution is -2.54. The third-order valence-corrected chi connectivity index (χ3v) is 6.41. The first-order valence-electron chi connectivity index (χ1n) is 7.55. The maximum atomic E-state index is 12.7. The predicted octanol–water partition coefficient (Wildman–Crippen LogP) is 2.57. The van der Waals surface area contributed by atoms with Crippen molar-refractivity contribution in [3.05, 3.63) is 35.9 Å². The molecule has 1 spiro atoms. The van der Waals surface area contributed by atoms with Crippen LogP contribution in [-0.2, 0) is 24.7 Å². The number of rotatable bonds is 2. The molecule has 0 aromatic heterocycles. The lowest BCUT2D eigenvalue weighted by atomic mass is 9.72. The van der Waals surface area contributed by atoms with Gasteiger partial charge in [0.1, 0.15) is 11.7 Å². The maximum Gasteiger partial charge on any atom is 0.331 e. The summed E-state index contributed by atoms with van der Waals surface area (Å²) in [7, 11) is 1.34. The number of alkyl halides is 1. The average Bonchev–Trinajstić information content (AvgIpc) is 3.33. The molecule has 116 valence electrons. The molecule has 3 aliphatic rings. The molecular formula is C17H17ClO4. The Morgan fingerprint density at radius 2 is 1.95 bits per heavy atom. The van der Waals surface area contributed by atoms with Gasteiger partial charge in [-0.05, 0) is 24.8 Å². The molecule has 1 aliphatic carbocycles. The number of ketones is 1. The van der Waals surface area contributed by atoms with E-state index in [1.165, 1.54) is 7.11 Å². The Hall–Kier alpha value is -1.39. The van der Waals surface area contributed by atoms with E-state index in [2.05, 4.69) is 0 Å². The number of esters is 1.